The number of hydrogen-bond donors (Lipinski definition) is 2. The summed E-state index contributed by atoms with van der Waals surface area (Å²) in [5.41, 5.74) is -0.0451. The van der Waals surface area contributed by atoms with E-state index in [-0.39, 0.29) is 5.56 Å². The SMILES string of the molecule is CCc1nc(N2CCCCC2CNCC(C)C)cc(=O)[nH]1. The highest BCUT2D eigenvalue weighted by atomic mass is 16.1. The number of piperidine rings is 1. The van der Waals surface area contributed by atoms with Crippen LogP contribution in [0, 0.1) is 5.92 Å². The third-order valence-corrected chi connectivity index (χ3v) is 3.97. The van der Waals surface area contributed by atoms with E-state index in [1.54, 1.807) is 6.07 Å². The van der Waals surface area contributed by atoms with Gasteiger partial charge in [0.05, 0.1) is 0 Å². The quantitative estimate of drug-likeness (QED) is 0.841. The van der Waals surface area contributed by atoms with E-state index in [2.05, 4.69) is 34.0 Å². The van der Waals surface area contributed by atoms with Gasteiger partial charge in [0.25, 0.3) is 5.56 Å². The van der Waals surface area contributed by atoms with E-state index < -0.39 is 0 Å². The highest BCUT2D eigenvalue weighted by molar-refractivity contribution is 5.39. The number of aromatic amines is 1. The van der Waals surface area contributed by atoms with E-state index in [1.165, 1.54) is 19.3 Å². The molecule has 2 rings (SSSR count). The van der Waals surface area contributed by atoms with Gasteiger partial charge in [-0.3, -0.25) is 4.79 Å². The van der Waals surface area contributed by atoms with Crippen LogP contribution in [0.25, 0.3) is 0 Å². The standard InChI is InChI=1S/C16H28N4O/c1-4-14-18-15(9-16(21)19-14)20-8-6-5-7-13(20)11-17-10-12(2)3/h9,12-13,17H,4-8,10-11H2,1-3H3,(H,18,19,21). The van der Waals surface area contributed by atoms with Crippen molar-refractivity contribution < 1.29 is 0 Å². The van der Waals surface area contributed by atoms with Gasteiger partial charge in [0.2, 0.25) is 0 Å². The molecule has 5 nitrogen and oxygen atoms in total. The summed E-state index contributed by atoms with van der Waals surface area (Å²) < 4.78 is 0. The Kier molecular flexibility index (Phi) is 5.79. The van der Waals surface area contributed by atoms with Crippen LogP contribution in [0.1, 0.15) is 45.9 Å². The number of H-pyrrole nitrogens is 1. The van der Waals surface area contributed by atoms with Gasteiger partial charge in [-0.1, -0.05) is 20.8 Å². The molecule has 1 saturated heterocycles. The molecule has 0 bridgehead atoms. The first kappa shape index (κ1) is 16.0. The van der Waals surface area contributed by atoms with Gasteiger partial charge >= 0.3 is 0 Å². The molecule has 1 aliphatic heterocycles. The molecule has 0 aliphatic carbocycles. The summed E-state index contributed by atoms with van der Waals surface area (Å²) >= 11 is 0. The van der Waals surface area contributed by atoms with Crippen LogP contribution in [0.4, 0.5) is 5.82 Å². The largest absolute Gasteiger partial charge is 0.352 e. The van der Waals surface area contributed by atoms with Gasteiger partial charge in [-0.05, 0) is 31.7 Å². The molecule has 1 atom stereocenters. The average molecular weight is 292 g/mol. The smallest absolute Gasteiger partial charge is 0.252 e. The fourth-order valence-corrected chi connectivity index (χ4v) is 2.86. The van der Waals surface area contributed by atoms with E-state index in [1.807, 2.05) is 6.92 Å². The maximum atomic E-state index is 11.8. The van der Waals surface area contributed by atoms with Crippen molar-refractivity contribution in [2.24, 2.45) is 5.92 Å². The molecular formula is C16H28N4O. The van der Waals surface area contributed by atoms with Crippen LogP contribution in [0.2, 0.25) is 0 Å². The summed E-state index contributed by atoms with van der Waals surface area (Å²) in [6.45, 7) is 9.45. The lowest BCUT2D eigenvalue weighted by Crippen LogP contribution is -2.47. The van der Waals surface area contributed by atoms with Gasteiger partial charge in [-0.2, -0.15) is 0 Å². The molecule has 1 aromatic heterocycles. The Bertz CT molecular complexity index is 497. The van der Waals surface area contributed by atoms with Gasteiger partial charge in [-0.15, -0.1) is 0 Å². The van der Waals surface area contributed by atoms with Crippen LogP contribution in [0.15, 0.2) is 10.9 Å². The van der Waals surface area contributed by atoms with Crippen molar-refractivity contribution >= 4 is 5.82 Å². The average Bonchev–Trinajstić information content (AvgIpc) is 2.46. The number of anilines is 1. The predicted octanol–water partition coefficient (Wildman–Crippen LogP) is 1.94. The minimum atomic E-state index is -0.0451. The Balaban J connectivity index is 2.10. The number of aromatic nitrogens is 2. The van der Waals surface area contributed by atoms with Gasteiger partial charge in [0.15, 0.2) is 0 Å². The predicted molar refractivity (Wildman–Crippen MR) is 86.9 cm³/mol. The topological polar surface area (TPSA) is 61.0 Å². The van der Waals surface area contributed by atoms with E-state index >= 15 is 0 Å². The molecule has 2 N–H and O–H groups in total. The third-order valence-electron chi connectivity index (χ3n) is 3.97. The molecule has 2 heterocycles. The Morgan fingerprint density at radius 2 is 2.29 bits per heavy atom. The van der Waals surface area contributed by atoms with Crippen molar-refractivity contribution in [3.05, 3.63) is 22.2 Å². The summed E-state index contributed by atoms with van der Waals surface area (Å²) in [4.78, 5) is 21.5. The van der Waals surface area contributed by atoms with E-state index in [9.17, 15) is 4.79 Å². The van der Waals surface area contributed by atoms with Crippen molar-refractivity contribution in [3.63, 3.8) is 0 Å². The summed E-state index contributed by atoms with van der Waals surface area (Å²) in [5, 5.41) is 3.54. The van der Waals surface area contributed by atoms with E-state index in [0.29, 0.717) is 12.0 Å². The van der Waals surface area contributed by atoms with Crippen molar-refractivity contribution in [1.82, 2.24) is 15.3 Å². The first-order chi connectivity index (χ1) is 10.1. The van der Waals surface area contributed by atoms with Crippen molar-refractivity contribution in [1.29, 1.82) is 0 Å². The molecule has 0 saturated carbocycles. The Morgan fingerprint density at radius 1 is 1.48 bits per heavy atom. The Hall–Kier alpha value is -1.36. The number of hydrogen-bond acceptors (Lipinski definition) is 4. The molecule has 0 aromatic carbocycles. The van der Waals surface area contributed by atoms with Crippen LogP contribution in [-0.4, -0.2) is 35.6 Å². The molecule has 0 radical (unpaired) electrons. The second-order valence-electron chi connectivity index (χ2n) is 6.30. The van der Waals surface area contributed by atoms with Crippen molar-refractivity contribution in [2.75, 3.05) is 24.5 Å². The number of nitrogens with one attached hydrogen (secondary N) is 2. The normalized spacial score (nSPS) is 19.2. The van der Waals surface area contributed by atoms with Crippen LogP contribution < -0.4 is 15.8 Å². The lowest BCUT2D eigenvalue weighted by molar-refractivity contribution is 0.420. The van der Waals surface area contributed by atoms with Gasteiger partial charge in [-0.25, -0.2) is 4.98 Å². The second-order valence-corrected chi connectivity index (χ2v) is 6.30. The lowest BCUT2D eigenvalue weighted by Gasteiger charge is -2.37. The molecule has 118 valence electrons. The van der Waals surface area contributed by atoms with Crippen LogP contribution in [0.3, 0.4) is 0 Å². The first-order valence-electron chi connectivity index (χ1n) is 8.17. The fraction of sp³-hybridized carbons (Fsp3) is 0.750. The number of aryl methyl sites for hydroxylation is 1. The minimum absolute atomic E-state index is 0.0451. The molecule has 1 aliphatic rings. The monoisotopic (exact) mass is 292 g/mol. The van der Waals surface area contributed by atoms with Crippen LogP contribution >= 0.6 is 0 Å². The zero-order valence-corrected chi connectivity index (χ0v) is 13.5. The van der Waals surface area contributed by atoms with Crippen LogP contribution in [0.5, 0.6) is 0 Å². The molecule has 0 spiro atoms. The molecule has 21 heavy (non-hydrogen) atoms. The maximum absolute atomic E-state index is 11.8. The Morgan fingerprint density at radius 3 is 3.00 bits per heavy atom. The Labute approximate surface area is 127 Å². The highest BCUT2D eigenvalue weighted by Gasteiger charge is 2.23. The fourth-order valence-electron chi connectivity index (χ4n) is 2.86. The molecule has 1 unspecified atom stereocenters. The molecule has 0 amide bonds. The lowest BCUT2D eigenvalue weighted by atomic mass is 10.0. The van der Waals surface area contributed by atoms with Gasteiger partial charge in [0, 0.05) is 31.6 Å². The zero-order chi connectivity index (χ0) is 15.2. The van der Waals surface area contributed by atoms with E-state index in [0.717, 1.165) is 37.7 Å². The molecule has 5 heteroatoms. The maximum Gasteiger partial charge on any atom is 0.252 e. The number of nitrogens with zero attached hydrogens (tertiary/aromatic N) is 2. The zero-order valence-electron chi connectivity index (χ0n) is 13.5. The summed E-state index contributed by atoms with van der Waals surface area (Å²) in [7, 11) is 0. The first-order valence-corrected chi connectivity index (χ1v) is 8.17. The van der Waals surface area contributed by atoms with E-state index in [4.69, 9.17) is 0 Å². The highest BCUT2D eigenvalue weighted by Crippen LogP contribution is 2.22. The molecule has 1 aromatic rings. The summed E-state index contributed by atoms with van der Waals surface area (Å²) in [5.74, 6) is 2.27. The summed E-state index contributed by atoms with van der Waals surface area (Å²) in [6.07, 6.45) is 4.36. The minimum Gasteiger partial charge on any atom is -0.352 e. The van der Waals surface area contributed by atoms with Crippen molar-refractivity contribution in [3.8, 4) is 0 Å². The van der Waals surface area contributed by atoms with Gasteiger partial charge in [0.1, 0.15) is 11.6 Å². The summed E-state index contributed by atoms with van der Waals surface area (Å²) in [6, 6.07) is 2.08. The van der Waals surface area contributed by atoms with Gasteiger partial charge < -0.3 is 15.2 Å². The third kappa shape index (κ3) is 4.56. The number of rotatable bonds is 6. The second kappa shape index (κ2) is 7.59. The molecule has 1 fully saturated rings. The van der Waals surface area contributed by atoms with Crippen LogP contribution in [-0.2, 0) is 6.42 Å². The van der Waals surface area contributed by atoms with Crippen molar-refractivity contribution in [2.45, 2.75) is 52.5 Å². The molecular weight excluding hydrogens is 264 g/mol.